The van der Waals surface area contributed by atoms with Gasteiger partial charge in [-0.25, -0.2) is 9.18 Å². The highest BCUT2D eigenvalue weighted by atomic mass is 19.1. The number of rotatable bonds is 7. The standard InChI is InChI=1S/C24H29FN2O3/c1-27(13-3-4-16-5-9-18(25)10-6-16)19-11-7-17(8-12-19)20-14-23-21(15-22(20)29-2)26-24(28)30-23/h5-6,9-10,14-15,17,19H,3-4,7-8,11-13H2,1-2H3,(H,26,28)/t17-,19-. The van der Waals surface area contributed by atoms with Crippen molar-refractivity contribution in [2.45, 2.75) is 50.5 Å². The fourth-order valence-corrected chi connectivity index (χ4v) is 4.68. The van der Waals surface area contributed by atoms with Crippen LogP contribution in [0.3, 0.4) is 0 Å². The molecule has 30 heavy (non-hydrogen) atoms. The normalized spacial score (nSPS) is 19.5. The Bertz CT molecular complexity index is 1030. The van der Waals surface area contributed by atoms with Gasteiger partial charge in [-0.2, -0.15) is 0 Å². The number of ether oxygens (including phenoxy) is 1. The molecule has 0 atom stereocenters. The van der Waals surface area contributed by atoms with Crippen LogP contribution in [0.5, 0.6) is 5.75 Å². The fourth-order valence-electron chi connectivity index (χ4n) is 4.68. The maximum absolute atomic E-state index is 13.0. The third-order valence-electron chi connectivity index (χ3n) is 6.42. The Kier molecular flexibility index (Phi) is 6.23. The molecule has 160 valence electrons. The molecule has 1 fully saturated rings. The summed E-state index contributed by atoms with van der Waals surface area (Å²) >= 11 is 0. The van der Waals surface area contributed by atoms with Crippen LogP contribution in [0.2, 0.25) is 0 Å². The molecule has 1 heterocycles. The average Bonchev–Trinajstić information content (AvgIpc) is 3.13. The van der Waals surface area contributed by atoms with E-state index in [0.29, 0.717) is 23.1 Å². The highest BCUT2D eigenvalue weighted by Crippen LogP contribution is 2.40. The van der Waals surface area contributed by atoms with Crippen LogP contribution in [0.15, 0.2) is 45.6 Å². The number of oxazole rings is 1. The van der Waals surface area contributed by atoms with E-state index in [1.807, 2.05) is 24.3 Å². The van der Waals surface area contributed by atoms with Crippen LogP contribution in [-0.2, 0) is 6.42 Å². The van der Waals surface area contributed by atoms with E-state index in [1.165, 1.54) is 17.7 Å². The van der Waals surface area contributed by atoms with E-state index in [2.05, 4.69) is 16.9 Å². The summed E-state index contributed by atoms with van der Waals surface area (Å²) in [4.78, 5) is 16.7. The van der Waals surface area contributed by atoms with Crippen LogP contribution in [0, 0.1) is 5.82 Å². The van der Waals surface area contributed by atoms with Gasteiger partial charge in [0.05, 0.1) is 12.6 Å². The molecular weight excluding hydrogens is 383 g/mol. The number of nitrogens with one attached hydrogen (secondary N) is 1. The number of hydrogen-bond donors (Lipinski definition) is 1. The largest absolute Gasteiger partial charge is 0.496 e. The Morgan fingerprint density at radius 1 is 1.17 bits per heavy atom. The van der Waals surface area contributed by atoms with Gasteiger partial charge in [0.25, 0.3) is 0 Å². The first-order valence-electron chi connectivity index (χ1n) is 10.7. The SMILES string of the molecule is COc1cc2[nH]c(=O)oc2cc1[C@H]1CC[C@H](N(C)CCCc2ccc(F)cc2)CC1. The van der Waals surface area contributed by atoms with Crippen molar-refractivity contribution in [2.24, 2.45) is 0 Å². The van der Waals surface area contributed by atoms with Gasteiger partial charge in [0.2, 0.25) is 0 Å². The quantitative estimate of drug-likeness (QED) is 0.602. The number of H-pyrrole nitrogens is 1. The molecule has 0 bridgehead atoms. The minimum absolute atomic E-state index is 0.179. The molecule has 1 aliphatic carbocycles. The number of aromatic nitrogens is 1. The van der Waals surface area contributed by atoms with Gasteiger partial charge in [-0.1, -0.05) is 12.1 Å². The Labute approximate surface area is 175 Å². The van der Waals surface area contributed by atoms with Crippen LogP contribution in [0.25, 0.3) is 11.1 Å². The number of methoxy groups -OCH3 is 1. The molecule has 0 saturated heterocycles. The number of hydrogen-bond acceptors (Lipinski definition) is 4. The van der Waals surface area contributed by atoms with Gasteiger partial charge in [0.1, 0.15) is 11.6 Å². The van der Waals surface area contributed by atoms with Crippen LogP contribution in [0.1, 0.15) is 49.1 Å². The number of halogens is 1. The van der Waals surface area contributed by atoms with E-state index in [4.69, 9.17) is 9.15 Å². The van der Waals surface area contributed by atoms with E-state index in [-0.39, 0.29) is 5.82 Å². The highest BCUT2D eigenvalue weighted by molar-refractivity contribution is 5.76. The summed E-state index contributed by atoms with van der Waals surface area (Å²) in [6.07, 6.45) is 6.48. The molecule has 4 rings (SSSR count). The molecule has 2 aromatic carbocycles. The monoisotopic (exact) mass is 412 g/mol. The van der Waals surface area contributed by atoms with E-state index >= 15 is 0 Å². The Balaban J connectivity index is 1.32. The second kappa shape index (κ2) is 9.04. The Hall–Kier alpha value is -2.60. The summed E-state index contributed by atoms with van der Waals surface area (Å²) in [5, 5.41) is 0. The molecular formula is C24H29FN2O3. The van der Waals surface area contributed by atoms with Crippen LogP contribution in [-0.4, -0.2) is 36.6 Å². The zero-order chi connectivity index (χ0) is 21.1. The zero-order valence-electron chi connectivity index (χ0n) is 17.6. The molecule has 0 amide bonds. The van der Waals surface area contributed by atoms with Gasteiger partial charge < -0.3 is 14.1 Å². The molecule has 0 aliphatic heterocycles. The predicted octanol–water partition coefficient (Wildman–Crippen LogP) is 4.86. The van der Waals surface area contributed by atoms with Crippen molar-refractivity contribution >= 4 is 11.1 Å². The zero-order valence-corrected chi connectivity index (χ0v) is 17.6. The summed E-state index contributed by atoms with van der Waals surface area (Å²) in [7, 11) is 3.88. The lowest BCUT2D eigenvalue weighted by molar-refractivity contribution is 0.180. The second-order valence-corrected chi connectivity index (χ2v) is 8.32. The summed E-state index contributed by atoms with van der Waals surface area (Å²) in [6.45, 7) is 1.04. The van der Waals surface area contributed by atoms with Crippen molar-refractivity contribution in [3.63, 3.8) is 0 Å². The molecule has 1 N–H and O–H groups in total. The molecule has 0 spiro atoms. The van der Waals surface area contributed by atoms with E-state index in [9.17, 15) is 9.18 Å². The Morgan fingerprint density at radius 3 is 2.60 bits per heavy atom. The van der Waals surface area contributed by atoms with Crippen LogP contribution >= 0.6 is 0 Å². The minimum atomic E-state index is -0.435. The molecule has 0 radical (unpaired) electrons. The van der Waals surface area contributed by atoms with Gasteiger partial charge in [-0.3, -0.25) is 4.98 Å². The second-order valence-electron chi connectivity index (χ2n) is 8.32. The predicted molar refractivity (Wildman–Crippen MR) is 116 cm³/mol. The lowest BCUT2D eigenvalue weighted by atomic mass is 9.81. The first-order chi connectivity index (χ1) is 14.5. The summed E-state index contributed by atoms with van der Waals surface area (Å²) in [5.41, 5.74) is 3.59. The molecule has 5 nitrogen and oxygen atoms in total. The van der Waals surface area contributed by atoms with Crippen molar-refractivity contribution in [2.75, 3.05) is 20.7 Å². The van der Waals surface area contributed by atoms with Crippen LogP contribution < -0.4 is 10.5 Å². The van der Waals surface area contributed by atoms with Crippen molar-refractivity contribution in [3.8, 4) is 5.75 Å². The highest BCUT2D eigenvalue weighted by Gasteiger charge is 2.27. The van der Waals surface area contributed by atoms with Crippen molar-refractivity contribution in [3.05, 3.63) is 63.9 Å². The van der Waals surface area contributed by atoms with E-state index in [0.717, 1.165) is 56.4 Å². The smallest absolute Gasteiger partial charge is 0.417 e. The number of fused-ring (bicyclic) bond motifs is 1. The molecule has 6 heteroatoms. The van der Waals surface area contributed by atoms with Crippen molar-refractivity contribution in [1.29, 1.82) is 0 Å². The van der Waals surface area contributed by atoms with Crippen molar-refractivity contribution in [1.82, 2.24) is 9.88 Å². The summed E-state index contributed by atoms with van der Waals surface area (Å²) in [6, 6.07) is 11.2. The number of nitrogens with zero attached hydrogens (tertiary/aromatic N) is 1. The van der Waals surface area contributed by atoms with Crippen molar-refractivity contribution < 1.29 is 13.5 Å². The third-order valence-corrected chi connectivity index (χ3v) is 6.42. The minimum Gasteiger partial charge on any atom is -0.496 e. The van der Waals surface area contributed by atoms with E-state index < -0.39 is 5.76 Å². The molecule has 1 aliphatic rings. The molecule has 0 unspecified atom stereocenters. The topological polar surface area (TPSA) is 58.5 Å². The van der Waals surface area contributed by atoms with Gasteiger partial charge in [-0.15, -0.1) is 0 Å². The van der Waals surface area contributed by atoms with Gasteiger partial charge in [0, 0.05) is 17.7 Å². The molecule has 3 aromatic rings. The van der Waals surface area contributed by atoms with Gasteiger partial charge in [0.15, 0.2) is 5.58 Å². The molecule has 1 saturated carbocycles. The number of benzene rings is 2. The third kappa shape index (κ3) is 4.59. The maximum atomic E-state index is 13.0. The fraction of sp³-hybridized carbons (Fsp3) is 0.458. The van der Waals surface area contributed by atoms with E-state index in [1.54, 1.807) is 7.11 Å². The Morgan fingerprint density at radius 2 is 1.90 bits per heavy atom. The number of aryl methyl sites for hydroxylation is 1. The van der Waals surface area contributed by atoms with Gasteiger partial charge in [-0.05, 0) is 81.8 Å². The molecule has 1 aromatic heterocycles. The van der Waals surface area contributed by atoms with Crippen LogP contribution in [0.4, 0.5) is 4.39 Å². The van der Waals surface area contributed by atoms with Gasteiger partial charge >= 0.3 is 5.76 Å². The first kappa shape index (κ1) is 20.7. The summed E-state index contributed by atoms with van der Waals surface area (Å²) < 4.78 is 23.9. The average molecular weight is 413 g/mol. The first-order valence-corrected chi connectivity index (χ1v) is 10.7. The lowest BCUT2D eigenvalue weighted by Crippen LogP contribution is -2.35. The lowest BCUT2D eigenvalue weighted by Gasteiger charge is -2.35. The summed E-state index contributed by atoms with van der Waals surface area (Å²) in [5.74, 6) is 0.612. The number of aromatic amines is 1. The maximum Gasteiger partial charge on any atom is 0.417 e.